The number of benzene rings is 1. The average Bonchev–Trinajstić information content (AvgIpc) is 2.25. The molecule has 0 aliphatic heterocycles. The van der Waals surface area contributed by atoms with Gasteiger partial charge in [0.1, 0.15) is 0 Å². The van der Waals surface area contributed by atoms with E-state index in [4.69, 9.17) is 0 Å². The summed E-state index contributed by atoms with van der Waals surface area (Å²) < 4.78 is 36.8. The van der Waals surface area contributed by atoms with Crippen molar-refractivity contribution >= 4 is 0 Å². The zero-order valence-corrected chi connectivity index (χ0v) is 11.0. The molecule has 0 saturated heterocycles. The van der Waals surface area contributed by atoms with E-state index in [1.807, 2.05) is 38.1 Å². The zero-order valence-electron chi connectivity index (χ0n) is 11.0. The van der Waals surface area contributed by atoms with Crippen LogP contribution in [0.5, 0.6) is 0 Å². The Kier molecular flexibility index (Phi) is 5.20. The maximum absolute atomic E-state index is 12.3. The molecule has 1 aromatic carbocycles. The van der Waals surface area contributed by atoms with Crippen LogP contribution in [0.2, 0.25) is 0 Å². The number of rotatable bonds is 5. The summed E-state index contributed by atoms with van der Waals surface area (Å²) in [6, 6.07) is 7.30. The fourth-order valence-electron chi connectivity index (χ4n) is 2.00. The maximum atomic E-state index is 12.3. The van der Waals surface area contributed by atoms with Gasteiger partial charge in [-0.25, -0.2) is 0 Å². The Labute approximate surface area is 106 Å². The number of nitrogens with one attached hydrogen (secondary N) is 1. The summed E-state index contributed by atoms with van der Waals surface area (Å²) in [4.78, 5) is 0. The molecule has 1 nitrogen and oxygen atoms in total. The first kappa shape index (κ1) is 15.0. The number of hydrogen-bond acceptors (Lipinski definition) is 1. The molecule has 0 heterocycles. The molecule has 1 rings (SSSR count). The van der Waals surface area contributed by atoms with Crippen LogP contribution in [0.25, 0.3) is 0 Å². The van der Waals surface area contributed by atoms with Gasteiger partial charge >= 0.3 is 6.18 Å². The van der Waals surface area contributed by atoms with E-state index in [-0.39, 0.29) is 6.04 Å². The van der Waals surface area contributed by atoms with Crippen molar-refractivity contribution in [2.75, 3.05) is 0 Å². The Morgan fingerprint density at radius 1 is 1.17 bits per heavy atom. The second-order valence-corrected chi connectivity index (χ2v) is 4.76. The standard InChI is InChI=1S/C14H20F3N/c1-4-13(12-7-5-10(2)6-8-12)18-11(3)9-14(15,16)17/h5-8,11,13,18H,4,9H2,1-3H3. The zero-order chi connectivity index (χ0) is 13.8. The molecule has 102 valence electrons. The third-order valence-electron chi connectivity index (χ3n) is 2.91. The van der Waals surface area contributed by atoms with Crippen molar-refractivity contribution in [1.82, 2.24) is 5.32 Å². The summed E-state index contributed by atoms with van der Waals surface area (Å²) in [6.45, 7) is 5.53. The van der Waals surface area contributed by atoms with Gasteiger partial charge in [0, 0.05) is 12.1 Å². The molecule has 0 aliphatic carbocycles. The third kappa shape index (κ3) is 5.08. The molecular weight excluding hydrogens is 239 g/mol. The minimum absolute atomic E-state index is 0.0250. The third-order valence-corrected chi connectivity index (χ3v) is 2.91. The van der Waals surface area contributed by atoms with Crippen LogP contribution in [-0.2, 0) is 0 Å². The van der Waals surface area contributed by atoms with Crippen LogP contribution in [-0.4, -0.2) is 12.2 Å². The van der Waals surface area contributed by atoms with Crippen molar-refractivity contribution in [2.45, 2.75) is 51.9 Å². The Balaban J connectivity index is 2.64. The fraction of sp³-hybridized carbons (Fsp3) is 0.571. The number of halogens is 3. The lowest BCUT2D eigenvalue weighted by Crippen LogP contribution is -2.34. The normalized spacial score (nSPS) is 15.4. The van der Waals surface area contributed by atoms with Gasteiger partial charge < -0.3 is 5.32 Å². The van der Waals surface area contributed by atoms with E-state index in [1.54, 1.807) is 6.92 Å². The highest BCUT2D eigenvalue weighted by Gasteiger charge is 2.30. The number of aryl methyl sites for hydroxylation is 1. The molecule has 0 radical (unpaired) electrons. The van der Waals surface area contributed by atoms with Crippen LogP contribution in [0.4, 0.5) is 13.2 Å². The predicted molar refractivity (Wildman–Crippen MR) is 67.5 cm³/mol. The van der Waals surface area contributed by atoms with E-state index in [0.29, 0.717) is 0 Å². The van der Waals surface area contributed by atoms with E-state index in [2.05, 4.69) is 5.32 Å². The molecule has 0 spiro atoms. The van der Waals surface area contributed by atoms with Gasteiger partial charge in [-0.05, 0) is 25.8 Å². The predicted octanol–water partition coefficient (Wildman–Crippen LogP) is 4.38. The summed E-state index contributed by atoms with van der Waals surface area (Å²) >= 11 is 0. The lowest BCUT2D eigenvalue weighted by Gasteiger charge is -2.23. The summed E-state index contributed by atoms with van der Waals surface area (Å²) in [5.74, 6) is 0. The summed E-state index contributed by atoms with van der Waals surface area (Å²) in [5, 5.41) is 3.04. The second-order valence-electron chi connectivity index (χ2n) is 4.76. The fourth-order valence-corrected chi connectivity index (χ4v) is 2.00. The molecule has 1 N–H and O–H groups in total. The van der Waals surface area contributed by atoms with Gasteiger partial charge in [0.05, 0.1) is 6.42 Å². The van der Waals surface area contributed by atoms with Gasteiger partial charge in [0.25, 0.3) is 0 Å². The monoisotopic (exact) mass is 259 g/mol. The lowest BCUT2D eigenvalue weighted by molar-refractivity contribution is -0.139. The topological polar surface area (TPSA) is 12.0 Å². The van der Waals surface area contributed by atoms with E-state index in [9.17, 15) is 13.2 Å². The minimum atomic E-state index is -4.11. The largest absolute Gasteiger partial charge is 0.390 e. The van der Waals surface area contributed by atoms with E-state index in [1.165, 1.54) is 0 Å². The van der Waals surface area contributed by atoms with Gasteiger partial charge in [-0.2, -0.15) is 13.2 Å². The minimum Gasteiger partial charge on any atom is -0.307 e. The van der Waals surface area contributed by atoms with Crippen molar-refractivity contribution in [3.05, 3.63) is 35.4 Å². The van der Waals surface area contributed by atoms with Crippen LogP contribution in [0.15, 0.2) is 24.3 Å². The van der Waals surface area contributed by atoms with E-state index < -0.39 is 18.6 Å². The highest BCUT2D eigenvalue weighted by molar-refractivity contribution is 5.24. The molecule has 0 amide bonds. The number of alkyl halides is 3. The first-order chi connectivity index (χ1) is 8.31. The van der Waals surface area contributed by atoms with Crippen LogP contribution in [0.3, 0.4) is 0 Å². The quantitative estimate of drug-likeness (QED) is 0.827. The van der Waals surface area contributed by atoms with Crippen molar-refractivity contribution in [3.8, 4) is 0 Å². The number of hydrogen-bond donors (Lipinski definition) is 1. The molecule has 1 aromatic rings. The van der Waals surface area contributed by atoms with Gasteiger partial charge in [-0.3, -0.25) is 0 Å². The summed E-state index contributed by atoms with van der Waals surface area (Å²) in [5.41, 5.74) is 2.19. The molecule has 0 fully saturated rings. The van der Waals surface area contributed by atoms with Crippen LogP contribution in [0, 0.1) is 6.92 Å². The summed E-state index contributed by atoms with van der Waals surface area (Å²) in [7, 11) is 0. The van der Waals surface area contributed by atoms with Gasteiger partial charge in [0.15, 0.2) is 0 Å². The highest BCUT2D eigenvalue weighted by atomic mass is 19.4. The molecule has 18 heavy (non-hydrogen) atoms. The van der Waals surface area contributed by atoms with Crippen molar-refractivity contribution < 1.29 is 13.2 Å². The Bertz CT molecular complexity index is 356. The first-order valence-corrected chi connectivity index (χ1v) is 6.21. The molecule has 0 saturated carbocycles. The Morgan fingerprint density at radius 2 is 1.72 bits per heavy atom. The lowest BCUT2D eigenvalue weighted by atomic mass is 10.0. The van der Waals surface area contributed by atoms with Crippen LogP contribution < -0.4 is 5.32 Å². The molecule has 0 aromatic heterocycles. The summed E-state index contributed by atoms with van der Waals surface area (Å²) in [6.07, 6.45) is -4.14. The van der Waals surface area contributed by atoms with E-state index in [0.717, 1.165) is 17.5 Å². The highest BCUT2D eigenvalue weighted by Crippen LogP contribution is 2.24. The smallest absolute Gasteiger partial charge is 0.307 e. The molecule has 0 aliphatic rings. The van der Waals surface area contributed by atoms with Crippen molar-refractivity contribution in [2.24, 2.45) is 0 Å². The maximum Gasteiger partial charge on any atom is 0.390 e. The molecule has 0 bridgehead atoms. The van der Waals surface area contributed by atoms with Crippen LogP contribution >= 0.6 is 0 Å². The van der Waals surface area contributed by atoms with Gasteiger partial charge in [0.2, 0.25) is 0 Å². The van der Waals surface area contributed by atoms with Crippen molar-refractivity contribution in [1.29, 1.82) is 0 Å². The molecule has 2 unspecified atom stereocenters. The molecule has 4 heteroatoms. The van der Waals surface area contributed by atoms with Gasteiger partial charge in [-0.1, -0.05) is 36.8 Å². The Morgan fingerprint density at radius 3 is 2.17 bits per heavy atom. The molecule has 2 atom stereocenters. The van der Waals surface area contributed by atoms with Crippen LogP contribution in [0.1, 0.15) is 43.9 Å². The Hall–Kier alpha value is -1.03. The SMILES string of the molecule is CCC(NC(C)CC(F)(F)F)c1ccc(C)cc1. The first-order valence-electron chi connectivity index (χ1n) is 6.21. The molecular formula is C14H20F3N. The average molecular weight is 259 g/mol. The van der Waals surface area contributed by atoms with Gasteiger partial charge in [-0.15, -0.1) is 0 Å². The van der Waals surface area contributed by atoms with Crippen molar-refractivity contribution in [3.63, 3.8) is 0 Å². The van der Waals surface area contributed by atoms with E-state index >= 15 is 0 Å². The second kappa shape index (κ2) is 6.23.